The lowest BCUT2D eigenvalue weighted by molar-refractivity contribution is -0.133. The van der Waals surface area contributed by atoms with Crippen LogP contribution < -0.4 is 5.56 Å². The Hall–Kier alpha value is -3.33. The molecule has 1 saturated heterocycles. The molecule has 34 heavy (non-hydrogen) atoms. The molecule has 3 aromatic rings. The van der Waals surface area contributed by atoms with Crippen LogP contribution in [0.3, 0.4) is 0 Å². The molecule has 1 amide bonds. The van der Waals surface area contributed by atoms with Crippen LogP contribution in [0.1, 0.15) is 30.5 Å². The number of benzene rings is 1. The molecule has 1 fully saturated rings. The van der Waals surface area contributed by atoms with Crippen molar-refractivity contribution in [3.8, 4) is 11.1 Å². The van der Waals surface area contributed by atoms with Crippen LogP contribution in [0.5, 0.6) is 0 Å². The van der Waals surface area contributed by atoms with Gasteiger partial charge in [0, 0.05) is 43.9 Å². The summed E-state index contributed by atoms with van der Waals surface area (Å²) in [6.45, 7) is 4.61. The van der Waals surface area contributed by atoms with E-state index in [2.05, 4.69) is 15.0 Å². The van der Waals surface area contributed by atoms with Crippen LogP contribution in [0, 0.1) is 5.82 Å². The number of rotatable bonds is 6. The second kappa shape index (κ2) is 9.89. The van der Waals surface area contributed by atoms with Crippen molar-refractivity contribution in [2.45, 2.75) is 45.3 Å². The average molecular weight is 465 g/mol. The highest BCUT2D eigenvalue weighted by Gasteiger charge is 2.26. The first-order valence-electron chi connectivity index (χ1n) is 11.9. The molecule has 2 aliphatic rings. The number of pyridine rings is 1. The number of halogens is 1. The van der Waals surface area contributed by atoms with Crippen LogP contribution in [0.2, 0.25) is 0 Å². The van der Waals surface area contributed by atoms with Crippen LogP contribution in [0.25, 0.3) is 11.1 Å². The minimum absolute atomic E-state index is 0.0467. The zero-order valence-corrected chi connectivity index (χ0v) is 19.2. The number of hydrogen-bond donors (Lipinski definition) is 0. The highest BCUT2D eigenvalue weighted by atomic mass is 19.1. The summed E-state index contributed by atoms with van der Waals surface area (Å²) in [6.07, 6.45) is 7.19. The molecule has 0 spiro atoms. The summed E-state index contributed by atoms with van der Waals surface area (Å²) in [5.41, 5.74) is 2.86. The van der Waals surface area contributed by atoms with Crippen LogP contribution in [0.15, 0.2) is 47.8 Å². The van der Waals surface area contributed by atoms with Gasteiger partial charge in [0.05, 0.1) is 0 Å². The van der Waals surface area contributed by atoms with Crippen LogP contribution in [0.4, 0.5) is 4.39 Å². The molecule has 0 saturated carbocycles. The Labute approximate surface area is 197 Å². The number of hydrogen-bond acceptors (Lipinski definition) is 5. The molecule has 5 rings (SSSR count). The van der Waals surface area contributed by atoms with E-state index in [1.807, 2.05) is 10.6 Å². The van der Waals surface area contributed by atoms with Crippen LogP contribution in [-0.4, -0.2) is 61.2 Å². The summed E-state index contributed by atoms with van der Waals surface area (Å²) in [5, 5.41) is 4.02. The van der Waals surface area contributed by atoms with Crippen molar-refractivity contribution in [3.05, 3.63) is 70.4 Å². The molecule has 0 N–H and O–H groups in total. The average Bonchev–Trinajstić information content (AvgIpc) is 3.36. The molecular weight excluding hydrogens is 435 g/mol. The SMILES string of the molecule is O=C(Cn1cncn1)N1CCc2c(cc(-c3cccc(F)c3)c(=O)n2CCN2CCCCC2)C1. The Morgan fingerprint density at radius 3 is 2.68 bits per heavy atom. The molecule has 2 aliphatic heterocycles. The van der Waals surface area contributed by atoms with Gasteiger partial charge in [0.2, 0.25) is 5.91 Å². The van der Waals surface area contributed by atoms with E-state index >= 15 is 0 Å². The minimum atomic E-state index is -0.376. The summed E-state index contributed by atoms with van der Waals surface area (Å²) in [5.74, 6) is -0.423. The van der Waals surface area contributed by atoms with Gasteiger partial charge in [-0.15, -0.1) is 0 Å². The molecule has 0 bridgehead atoms. The smallest absolute Gasteiger partial charge is 0.258 e. The molecule has 4 heterocycles. The minimum Gasteiger partial charge on any atom is -0.336 e. The van der Waals surface area contributed by atoms with Crippen molar-refractivity contribution in [2.75, 3.05) is 26.2 Å². The van der Waals surface area contributed by atoms with Gasteiger partial charge in [-0.1, -0.05) is 18.6 Å². The lowest BCUT2D eigenvalue weighted by Crippen LogP contribution is -2.42. The van der Waals surface area contributed by atoms with Crippen molar-refractivity contribution in [1.29, 1.82) is 0 Å². The van der Waals surface area contributed by atoms with E-state index in [4.69, 9.17) is 0 Å². The lowest BCUT2D eigenvalue weighted by Gasteiger charge is -2.32. The number of amides is 1. The fraction of sp³-hybridized carbons (Fsp3) is 0.440. The first kappa shape index (κ1) is 22.5. The maximum Gasteiger partial charge on any atom is 0.258 e. The van der Waals surface area contributed by atoms with Gasteiger partial charge in [0.25, 0.3) is 5.56 Å². The van der Waals surface area contributed by atoms with Gasteiger partial charge < -0.3 is 14.4 Å². The number of likely N-dealkylation sites (tertiary alicyclic amines) is 1. The molecule has 2 aromatic heterocycles. The van der Waals surface area contributed by atoms with Gasteiger partial charge in [-0.2, -0.15) is 5.10 Å². The summed E-state index contributed by atoms with van der Waals surface area (Å²) in [4.78, 5) is 34.5. The highest BCUT2D eigenvalue weighted by Crippen LogP contribution is 2.25. The van der Waals surface area contributed by atoms with Gasteiger partial charge in [0.1, 0.15) is 25.0 Å². The fourth-order valence-electron chi connectivity index (χ4n) is 5.01. The Kier molecular flexibility index (Phi) is 6.53. The number of aromatic nitrogens is 4. The van der Waals surface area contributed by atoms with E-state index in [1.165, 1.54) is 48.7 Å². The summed E-state index contributed by atoms with van der Waals surface area (Å²) < 4.78 is 17.4. The third-order valence-corrected chi connectivity index (χ3v) is 6.81. The molecule has 0 unspecified atom stereocenters. The van der Waals surface area contributed by atoms with Gasteiger partial charge >= 0.3 is 0 Å². The van der Waals surface area contributed by atoms with Gasteiger partial charge in [-0.3, -0.25) is 9.59 Å². The molecular formula is C25H29FN6O2. The summed E-state index contributed by atoms with van der Waals surface area (Å²) in [6, 6.07) is 8.00. The number of piperidine rings is 1. The van der Waals surface area contributed by atoms with E-state index in [0.29, 0.717) is 37.2 Å². The number of fused-ring (bicyclic) bond motifs is 1. The highest BCUT2D eigenvalue weighted by molar-refractivity contribution is 5.76. The largest absolute Gasteiger partial charge is 0.336 e. The topological polar surface area (TPSA) is 76.3 Å². The van der Waals surface area contributed by atoms with E-state index in [9.17, 15) is 14.0 Å². The molecule has 0 atom stereocenters. The van der Waals surface area contributed by atoms with Crippen LogP contribution in [-0.2, 0) is 30.8 Å². The van der Waals surface area contributed by atoms with E-state index in [1.54, 1.807) is 17.0 Å². The Bertz CT molecular complexity index is 1220. The predicted molar refractivity (Wildman–Crippen MR) is 126 cm³/mol. The van der Waals surface area contributed by atoms with Crippen molar-refractivity contribution >= 4 is 5.91 Å². The van der Waals surface area contributed by atoms with Crippen LogP contribution >= 0.6 is 0 Å². The maximum absolute atomic E-state index is 14.0. The van der Waals surface area contributed by atoms with Crippen molar-refractivity contribution in [1.82, 2.24) is 29.1 Å². The van der Waals surface area contributed by atoms with Crippen molar-refractivity contribution in [2.24, 2.45) is 0 Å². The fourth-order valence-corrected chi connectivity index (χ4v) is 5.01. The standard InChI is InChI=1S/C25H29FN6O2/c26-21-6-4-5-19(13-21)22-14-20-15-30(24(33)16-31-18-27-17-28-31)10-7-23(20)32(25(22)34)12-11-29-8-2-1-3-9-29/h4-6,13-14,17-18H,1-3,7-12,15-16H2. The summed E-state index contributed by atoms with van der Waals surface area (Å²) >= 11 is 0. The predicted octanol–water partition coefficient (Wildman–Crippen LogP) is 2.32. The van der Waals surface area contributed by atoms with Gasteiger partial charge in [-0.25, -0.2) is 14.1 Å². The monoisotopic (exact) mass is 464 g/mol. The molecule has 0 radical (unpaired) electrons. The molecule has 0 aliphatic carbocycles. The Morgan fingerprint density at radius 2 is 1.91 bits per heavy atom. The van der Waals surface area contributed by atoms with Gasteiger partial charge in [-0.05, 0) is 55.3 Å². The number of nitrogens with zero attached hydrogens (tertiary/aromatic N) is 6. The summed E-state index contributed by atoms with van der Waals surface area (Å²) in [7, 11) is 0. The van der Waals surface area contributed by atoms with Crippen molar-refractivity contribution < 1.29 is 9.18 Å². The van der Waals surface area contributed by atoms with Gasteiger partial charge in [0.15, 0.2) is 0 Å². The molecule has 1 aromatic carbocycles. The second-order valence-electron chi connectivity index (χ2n) is 9.06. The first-order valence-corrected chi connectivity index (χ1v) is 11.9. The third-order valence-electron chi connectivity index (χ3n) is 6.81. The molecule has 8 nitrogen and oxygen atoms in total. The Balaban J connectivity index is 1.46. The zero-order valence-electron chi connectivity index (χ0n) is 19.2. The molecule has 9 heteroatoms. The van der Waals surface area contributed by atoms with E-state index < -0.39 is 0 Å². The normalized spacial score (nSPS) is 16.4. The van der Waals surface area contributed by atoms with Crippen molar-refractivity contribution in [3.63, 3.8) is 0 Å². The maximum atomic E-state index is 14.0. The lowest BCUT2D eigenvalue weighted by atomic mass is 9.98. The quantitative estimate of drug-likeness (QED) is 0.560. The van der Waals surface area contributed by atoms with E-state index in [-0.39, 0.29) is 23.8 Å². The first-order chi connectivity index (χ1) is 16.6. The number of carbonyl (C=O) groups excluding carboxylic acids is 1. The Morgan fingerprint density at radius 1 is 1.06 bits per heavy atom. The van der Waals surface area contributed by atoms with E-state index in [0.717, 1.165) is 30.9 Å². The number of carbonyl (C=O) groups is 1. The third kappa shape index (κ3) is 4.79. The second-order valence-corrected chi connectivity index (χ2v) is 9.06. The molecule has 178 valence electrons. The zero-order chi connectivity index (χ0) is 23.5.